The van der Waals surface area contributed by atoms with Crippen LogP contribution in [0.5, 0.6) is 0 Å². The van der Waals surface area contributed by atoms with Gasteiger partial charge in [-0.05, 0) is 13.8 Å². The van der Waals surface area contributed by atoms with E-state index in [0.29, 0.717) is 12.1 Å². The summed E-state index contributed by atoms with van der Waals surface area (Å²) in [5.74, 6) is 0.407. The molecule has 8 heteroatoms. The molecule has 0 aromatic carbocycles. The Bertz CT molecular complexity index is 670. The van der Waals surface area contributed by atoms with Crippen LogP contribution in [0, 0.1) is 11.3 Å². The van der Waals surface area contributed by atoms with Crippen molar-refractivity contribution < 1.29 is 4.79 Å². The fraction of sp³-hybridized carbons (Fsp3) is 0.429. The maximum atomic E-state index is 11.9. The van der Waals surface area contributed by atoms with E-state index in [9.17, 15) is 4.79 Å². The number of carbonyl (C=O) groups excluding carboxylic acids is 1. The van der Waals surface area contributed by atoms with E-state index < -0.39 is 0 Å². The topological polar surface area (TPSA) is 95.6 Å². The molecule has 7 nitrogen and oxygen atoms in total. The normalized spacial score (nSPS) is 12.0. The summed E-state index contributed by atoms with van der Waals surface area (Å²) >= 11 is 1.56. The van der Waals surface area contributed by atoms with Crippen molar-refractivity contribution in [1.82, 2.24) is 20.1 Å². The monoisotopic (exact) mass is 318 g/mol. The molecule has 1 unspecified atom stereocenters. The highest BCUT2D eigenvalue weighted by Crippen LogP contribution is 2.17. The Kier molecular flexibility index (Phi) is 5.12. The molecule has 2 amide bonds. The lowest BCUT2D eigenvalue weighted by atomic mass is 10.2. The number of aromatic nitrogens is 3. The Morgan fingerprint density at radius 2 is 2.27 bits per heavy atom. The van der Waals surface area contributed by atoms with E-state index in [1.54, 1.807) is 28.4 Å². The first-order valence-corrected chi connectivity index (χ1v) is 7.82. The van der Waals surface area contributed by atoms with E-state index >= 15 is 0 Å². The molecule has 2 N–H and O–H groups in total. The highest BCUT2D eigenvalue weighted by atomic mass is 32.1. The van der Waals surface area contributed by atoms with Crippen molar-refractivity contribution in [3.63, 3.8) is 0 Å². The number of anilines is 1. The van der Waals surface area contributed by atoms with Crippen molar-refractivity contribution in [3.05, 3.63) is 28.3 Å². The van der Waals surface area contributed by atoms with Crippen molar-refractivity contribution in [2.75, 3.05) is 11.9 Å². The van der Waals surface area contributed by atoms with Crippen LogP contribution in [0.2, 0.25) is 0 Å². The predicted molar refractivity (Wildman–Crippen MR) is 84.9 cm³/mol. The summed E-state index contributed by atoms with van der Waals surface area (Å²) in [5.41, 5.74) is 0.344. The lowest BCUT2D eigenvalue weighted by Gasteiger charge is -2.10. The van der Waals surface area contributed by atoms with Crippen LogP contribution in [0.1, 0.15) is 43.3 Å². The van der Waals surface area contributed by atoms with E-state index in [-0.39, 0.29) is 23.8 Å². The standard InChI is InChI=1S/C14H18N6OS/c1-9(2)20-8-11(6-15)12(19-20)18-14(21)17-7-10(3)13-16-4-5-22-13/h4-5,8-10H,7H2,1-3H3,(H2,17,18,19,21). The second-order valence-electron chi connectivity index (χ2n) is 5.18. The van der Waals surface area contributed by atoms with Gasteiger partial charge in [0.15, 0.2) is 5.82 Å². The van der Waals surface area contributed by atoms with Crippen molar-refractivity contribution in [1.29, 1.82) is 5.26 Å². The third-order valence-electron chi connectivity index (χ3n) is 3.06. The van der Waals surface area contributed by atoms with Gasteiger partial charge in [-0.25, -0.2) is 9.78 Å². The Morgan fingerprint density at radius 1 is 1.50 bits per heavy atom. The fourth-order valence-electron chi connectivity index (χ4n) is 1.79. The summed E-state index contributed by atoms with van der Waals surface area (Å²) in [6.45, 7) is 6.36. The number of rotatable bonds is 5. The summed E-state index contributed by atoms with van der Waals surface area (Å²) in [7, 11) is 0. The third kappa shape index (κ3) is 3.83. The molecule has 1 atom stereocenters. The molecule has 116 valence electrons. The van der Waals surface area contributed by atoms with Gasteiger partial charge in [0.25, 0.3) is 0 Å². The van der Waals surface area contributed by atoms with E-state index in [0.717, 1.165) is 5.01 Å². The van der Waals surface area contributed by atoms with Gasteiger partial charge in [-0.3, -0.25) is 10.00 Å². The molecule has 0 saturated carbocycles. The maximum Gasteiger partial charge on any atom is 0.320 e. The molecule has 22 heavy (non-hydrogen) atoms. The predicted octanol–water partition coefficient (Wildman–Crippen LogP) is 2.72. The molecule has 0 aliphatic heterocycles. The van der Waals surface area contributed by atoms with Gasteiger partial charge in [0.1, 0.15) is 11.6 Å². The van der Waals surface area contributed by atoms with Gasteiger partial charge in [-0.2, -0.15) is 10.4 Å². The van der Waals surface area contributed by atoms with Gasteiger partial charge < -0.3 is 5.32 Å². The highest BCUT2D eigenvalue weighted by molar-refractivity contribution is 7.09. The number of nitrogens with zero attached hydrogens (tertiary/aromatic N) is 4. The molecule has 2 aromatic rings. The average Bonchev–Trinajstić information content (AvgIpc) is 3.14. The summed E-state index contributed by atoms with van der Waals surface area (Å²) in [6.07, 6.45) is 3.37. The number of nitriles is 1. The molecule has 2 aromatic heterocycles. The van der Waals surface area contributed by atoms with Crippen LogP contribution < -0.4 is 10.6 Å². The molecule has 0 spiro atoms. The van der Waals surface area contributed by atoms with Crippen molar-refractivity contribution >= 4 is 23.2 Å². The third-order valence-corrected chi connectivity index (χ3v) is 4.06. The molecule has 0 aliphatic rings. The summed E-state index contributed by atoms with van der Waals surface area (Å²) in [5, 5.41) is 21.6. The van der Waals surface area contributed by atoms with E-state index in [1.807, 2.05) is 32.2 Å². The van der Waals surface area contributed by atoms with E-state index in [4.69, 9.17) is 5.26 Å². The van der Waals surface area contributed by atoms with E-state index in [2.05, 4.69) is 20.7 Å². The van der Waals surface area contributed by atoms with Crippen molar-refractivity contribution in [3.8, 4) is 6.07 Å². The zero-order valence-electron chi connectivity index (χ0n) is 12.7. The van der Waals surface area contributed by atoms with Crippen LogP contribution >= 0.6 is 11.3 Å². The maximum absolute atomic E-state index is 11.9. The summed E-state index contributed by atoms with van der Waals surface area (Å²) in [4.78, 5) is 16.2. The molecular formula is C14H18N6OS. The Labute approximate surface area is 133 Å². The number of carbonyl (C=O) groups is 1. The molecule has 0 radical (unpaired) electrons. The largest absolute Gasteiger partial charge is 0.337 e. The van der Waals surface area contributed by atoms with Gasteiger partial charge in [-0.1, -0.05) is 6.92 Å². The zero-order valence-corrected chi connectivity index (χ0v) is 13.5. The minimum atomic E-state index is -0.381. The Morgan fingerprint density at radius 3 is 2.86 bits per heavy atom. The molecule has 2 rings (SSSR count). The highest BCUT2D eigenvalue weighted by Gasteiger charge is 2.14. The minimum absolute atomic E-state index is 0.121. The SMILES string of the molecule is CC(CNC(=O)Nc1nn(C(C)C)cc1C#N)c1nccs1. The average molecular weight is 318 g/mol. The van der Waals surface area contributed by atoms with Crippen LogP contribution in [0.4, 0.5) is 10.6 Å². The van der Waals surface area contributed by atoms with Gasteiger partial charge in [0, 0.05) is 36.3 Å². The molecule has 0 fully saturated rings. The smallest absolute Gasteiger partial charge is 0.320 e. The number of hydrogen-bond acceptors (Lipinski definition) is 5. The lowest BCUT2D eigenvalue weighted by molar-refractivity contribution is 0.251. The van der Waals surface area contributed by atoms with Crippen LogP contribution in [-0.4, -0.2) is 27.3 Å². The van der Waals surface area contributed by atoms with Crippen LogP contribution in [0.15, 0.2) is 17.8 Å². The molecule has 0 saturated heterocycles. The fourth-order valence-corrected chi connectivity index (χ4v) is 2.49. The molecular weight excluding hydrogens is 300 g/mol. The van der Waals surface area contributed by atoms with Crippen LogP contribution in [-0.2, 0) is 0 Å². The summed E-state index contributed by atoms with van der Waals surface area (Å²) in [6, 6.07) is 1.77. The lowest BCUT2D eigenvalue weighted by Crippen LogP contribution is -2.32. The van der Waals surface area contributed by atoms with Crippen molar-refractivity contribution in [2.45, 2.75) is 32.7 Å². The van der Waals surface area contributed by atoms with Crippen LogP contribution in [0.3, 0.4) is 0 Å². The van der Waals surface area contributed by atoms with Gasteiger partial charge in [-0.15, -0.1) is 11.3 Å². The summed E-state index contributed by atoms with van der Waals surface area (Å²) < 4.78 is 1.65. The number of amides is 2. The first-order valence-electron chi connectivity index (χ1n) is 6.94. The minimum Gasteiger partial charge on any atom is -0.337 e. The van der Waals surface area contributed by atoms with Gasteiger partial charge in [0.2, 0.25) is 0 Å². The first kappa shape index (κ1) is 16.0. The second-order valence-corrected chi connectivity index (χ2v) is 6.11. The van der Waals surface area contributed by atoms with Crippen LogP contribution in [0.25, 0.3) is 0 Å². The van der Waals surface area contributed by atoms with Crippen molar-refractivity contribution in [2.24, 2.45) is 0 Å². The Hall–Kier alpha value is -2.40. The number of urea groups is 1. The molecule has 2 heterocycles. The molecule has 0 aliphatic carbocycles. The number of nitrogens with one attached hydrogen (secondary N) is 2. The quantitative estimate of drug-likeness (QED) is 0.886. The Balaban J connectivity index is 1.93. The number of thiazole rings is 1. The van der Waals surface area contributed by atoms with Gasteiger partial charge in [0.05, 0.1) is 5.01 Å². The number of hydrogen-bond donors (Lipinski definition) is 2. The first-order chi connectivity index (χ1) is 10.5. The van der Waals surface area contributed by atoms with E-state index in [1.165, 1.54) is 0 Å². The zero-order chi connectivity index (χ0) is 16.1. The van der Waals surface area contributed by atoms with Gasteiger partial charge >= 0.3 is 6.03 Å². The molecule has 0 bridgehead atoms. The second kappa shape index (κ2) is 7.04.